The largest absolute Gasteiger partial charge is 0.494 e. The molecule has 0 aliphatic carbocycles. The van der Waals surface area contributed by atoms with E-state index in [1.807, 2.05) is 6.07 Å². The smallest absolute Gasteiger partial charge is 0.264 e. The van der Waals surface area contributed by atoms with Crippen molar-refractivity contribution in [2.75, 3.05) is 29.8 Å². The number of nitrogens with zero attached hydrogens (tertiary/aromatic N) is 1. The number of ketones is 1. The molecule has 0 unspecified atom stereocenters. The number of halogens is 1. The van der Waals surface area contributed by atoms with Gasteiger partial charge in [-0.1, -0.05) is 18.2 Å². The second-order valence-corrected chi connectivity index (χ2v) is 8.52. The zero-order valence-corrected chi connectivity index (χ0v) is 18.0. The van der Waals surface area contributed by atoms with Crippen molar-refractivity contribution in [3.8, 4) is 5.75 Å². The molecule has 6 nitrogen and oxygen atoms in total. The quantitative estimate of drug-likeness (QED) is 0.499. The molecule has 3 rings (SSSR count). The Bertz CT molecular complexity index is 1150. The molecule has 0 aromatic heterocycles. The van der Waals surface area contributed by atoms with Crippen LogP contribution in [0, 0.1) is 5.82 Å². The SMILES string of the molecule is CCN(c1ccccc1)S(=O)(=O)c1ccc(NCC(=O)c2ccc(OC)c(F)c2)cc1. The average Bonchev–Trinajstić information content (AvgIpc) is 2.78. The van der Waals surface area contributed by atoms with E-state index in [9.17, 15) is 17.6 Å². The van der Waals surface area contributed by atoms with Crippen LogP contribution in [0.4, 0.5) is 15.8 Å². The first-order valence-corrected chi connectivity index (χ1v) is 11.1. The van der Waals surface area contributed by atoms with Crippen LogP contribution in [0.15, 0.2) is 77.7 Å². The van der Waals surface area contributed by atoms with E-state index in [1.165, 1.54) is 35.7 Å². The van der Waals surface area contributed by atoms with E-state index in [0.29, 0.717) is 17.9 Å². The molecule has 31 heavy (non-hydrogen) atoms. The van der Waals surface area contributed by atoms with Crippen molar-refractivity contribution in [2.45, 2.75) is 11.8 Å². The number of carbonyl (C=O) groups is 1. The maximum atomic E-state index is 13.8. The van der Waals surface area contributed by atoms with Gasteiger partial charge >= 0.3 is 0 Å². The Morgan fingerprint density at radius 1 is 1.03 bits per heavy atom. The van der Waals surface area contributed by atoms with Gasteiger partial charge in [0.1, 0.15) is 0 Å². The fourth-order valence-electron chi connectivity index (χ4n) is 3.08. The summed E-state index contributed by atoms with van der Waals surface area (Å²) in [5.74, 6) is -0.848. The second kappa shape index (κ2) is 9.61. The Hall–Kier alpha value is -3.39. The fraction of sp³-hybridized carbons (Fsp3) is 0.174. The zero-order chi connectivity index (χ0) is 22.4. The van der Waals surface area contributed by atoms with Crippen molar-refractivity contribution in [1.29, 1.82) is 0 Å². The average molecular weight is 443 g/mol. The first-order chi connectivity index (χ1) is 14.9. The standard InChI is InChI=1S/C23H23FN2O4S/c1-3-26(19-7-5-4-6-8-19)31(28,29)20-12-10-18(11-13-20)25-16-22(27)17-9-14-23(30-2)21(24)15-17/h4-15,25H,3,16H2,1-2H3. The van der Waals surface area contributed by atoms with Crippen molar-refractivity contribution >= 4 is 27.2 Å². The molecule has 0 atom stereocenters. The summed E-state index contributed by atoms with van der Waals surface area (Å²) < 4.78 is 46.0. The highest BCUT2D eigenvalue weighted by Gasteiger charge is 2.23. The summed E-state index contributed by atoms with van der Waals surface area (Å²) in [5, 5.41) is 2.93. The Kier molecular flexibility index (Phi) is 6.91. The minimum Gasteiger partial charge on any atom is -0.494 e. The van der Waals surface area contributed by atoms with Crippen molar-refractivity contribution in [3.05, 3.63) is 84.2 Å². The van der Waals surface area contributed by atoms with Gasteiger partial charge in [0.2, 0.25) is 0 Å². The molecule has 0 aliphatic heterocycles. The van der Waals surface area contributed by atoms with Crippen LogP contribution in [0.1, 0.15) is 17.3 Å². The molecular formula is C23H23FN2O4S. The van der Waals surface area contributed by atoms with Crippen LogP contribution in [0.25, 0.3) is 0 Å². The van der Waals surface area contributed by atoms with Crippen molar-refractivity contribution in [1.82, 2.24) is 0 Å². The van der Waals surface area contributed by atoms with Crippen LogP contribution in [0.3, 0.4) is 0 Å². The Labute approximate surface area is 181 Å². The number of nitrogens with one attached hydrogen (secondary N) is 1. The number of anilines is 2. The molecule has 0 saturated carbocycles. The first kappa shape index (κ1) is 22.3. The highest BCUT2D eigenvalue weighted by Crippen LogP contribution is 2.24. The third-order valence-corrected chi connectivity index (χ3v) is 6.62. The molecule has 0 bridgehead atoms. The summed E-state index contributed by atoms with van der Waals surface area (Å²) in [6.45, 7) is 2.00. The topological polar surface area (TPSA) is 75.7 Å². The van der Waals surface area contributed by atoms with E-state index in [4.69, 9.17) is 4.74 Å². The molecule has 8 heteroatoms. The molecule has 0 aliphatic rings. The van der Waals surface area contributed by atoms with Gasteiger partial charge in [0, 0.05) is 17.8 Å². The summed E-state index contributed by atoms with van der Waals surface area (Å²) in [5.41, 5.74) is 1.38. The lowest BCUT2D eigenvalue weighted by atomic mass is 10.1. The maximum absolute atomic E-state index is 13.8. The van der Waals surface area contributed by atoms with Gasteiger partial charge in [-0.05, 0) is 61.5 Å². The first-order valence-electron chi connectivity index (χ1n) is 9.65. The Morgan fingerprint density at radius 2 is 1.71 bits per heavy atom. The summed E-state index contributed by atoms with van der Waals surface area (Å²) in [7, 11) is -2.37. The number of para-hydroxylation sites is 1. The van der Waals surface area contributed by atoms with Crippen LogP contribution in [0.2, 0.25) is 0 Å². The minimum absolute atomic E-state index is 0.0665. The number of benzene rings is 3. The van der Waals surface area contributed by atoms with E-state index >= 15 is 0 Å². The maximum Gasteiger partial charge on any atom is 0.264 e. The number of sulfonamides is 1. The number of hydrogen-bond donors (Lipinski definition) is 1. The van der Waals surface area contributed by atoms with Gasteiger partial charge in [0.25, 0.3) is 10.0 Å². The van der Waals surface area contributed by atoms with Crippen LogP contribution in [-0.4, -0.2) is 34.4 Å². The normalized spacial score (nSPS) is 11.1. The van der Waals surface area contributed by atoms with Crippen molar-refractivity contribution < 1.29 is 22.3 Å². The van der Waals surface area contributed by atoms with Crippen LogP contribution < -0.4 is 14.4 Å². The zero-order valence-electron chi connectivity index (χ0n) is 17.2. The Morgan fingerprint density at radius 3 is 2.29 bits per heavy atom. The number of methoxy groups -OCH3 is 1. The molecular weight excluding hydrogens is 419 g/mol. The third-order valence-electron chi connectivity index (χ3n) is 4.70. The van der Waals surface area contributed by atoms with E-state index in [-0.39, 0.29) is 28.5 Å². The van der Waals surface area contributed by atoms with Gasteiger partial charge in [-0.15, -0.1) is 0 Å². The van der Waals surface area contributed by atoms with E-state index in [0.717, 1.165) is 6.07 Å². The van der Waals surface area contributed by atoms with Gasteiger partial charge in [-0.25, -0.2) is 12.8 Å². The molecule has 3 aromatic carbocycles. The molecule has 0 fully saturated rings. The number of hydrogen-bond acceptors (Lipinski definition) is 5. The summed E-state index contributed by atoms with van der Waals surface area (Å²) >= 11 is 0. The van der Waals surface area contributed by atoms with Crippen LogP contribution >= 0.6 is 0 Å². The summed E-state index contributed by atoms with van der Waals surface area (Å²) in [6.07, 6.45) is 0. The summed E-state index contributed by atoms with van der Waals surface area (Å²) in [6, 6.07) is 19.0. The molecule has 3 aromatic rings. The number of carbonyl (C=O) groups excluding carboxylic acids is 1. The molecule has 0 saturated heterocycles. The molecule has 1 N–H and O–H groups in total. The number of ether oxygens (including phenoxy) is 1. The molecule has 0 heterocycles. The second-order valence-electron chi connectivity index (χ2n) is 6.66. The van der Waals surface area contributed by atoms with Crippen LogP contribution in [0.5, 0.6) is 5.75 Å². The highest BCUT2D eigenvalue weighted by molar-refractivity contribution is 7.92. The minimum atomic E-state index is -3.72. The molecule has 162 valence electrons. The predicted octanol–water partition coefficient (Wildman–Crippen LogP) is 4.34. The lowest BCUT2D eigenvalue weighted by Gasteiger charge is -2.23. The van der Waals surface area contributed by atoms with Gasteiger partial charge < -0.3 is 10.1 Å². The predicted molar refractivity (Wildman–Crippen MR) is 119 cm³/mol. The van der Waals surface area contributed by atoms with Gasteiger partial charge in [0.15, 0.2) is 17.3 Å². The lowest BCUT2D eigenvalue weighted by Crippen LogP contribution is -2.30. The number of rotatable bonds is 9. The lowest BCUT2D eigenvalue weighted by molar-refractivity contribution is 0.101. The van der Waals surface area contributed by atoms with E-state index in [2.05, 4.69) is 5.32 Å². The molecule has 0 spiro atoms. The van der Waals surface area contributed by atoms with E-state index < -0.39 is 15.8 Å². The van der Waals surface area contributed by atoms with Gasteiger partial charge in [-0.3, -0.25) is 9.10 Å². The van der Waals surface area contributed by atoms with Crippen LogP contribution in [-0.2, 0) is 10.0 Å². The fourth-order valence-corrected chi connectivity index (χ4v) is 4.56. The van der Waals surface area contributed by atoms with Crippen molar-refractivity contribution in [3.63, 3.8) is 0 Å². The molecule has 0 radical (unpaired) electrons. The third kappa shape index (κ3) is 5.03. The van der Waals surface area contributed by atoms with Gasteiger partial charge in [0.05, 0.1) is 24.2 Å². The summed E-state index contributed by atoms with van der Waals surface area (Å²) in [4.78, 5) is 12.5. The Balaban J connectivity index is 1.70. The van der Waals surface area contributed by atoms with Gasteiger partial charge in [-0.2, -0.15) is 0 Å². The molecule has 0 amide bonds. The van der Waals surface area contributed by atoms with Crippen molar-refractivity contribution in [2.24, 2.45) is 0 Å². The number of Topliss-reactive ketones (excluding diaryl/α,β-unsaturated/α-hetero) is 1. The van der Waals surface area contributed by atoms with E-state index in [1.54, 1.807) is 43.3 Å². The highest BCUT2D eigenvalue weighted by atomic mass is 32.2. The monoisotopic (exact) mass is 442 g/mol.